The molecule has 0 atom stereocenters. The first kappa shape index (κ1) is 19.6. The number of aryl methyl sites for hydroxylation is 3. The molecule has 1 aromatic carbocycles. The average Bonchev–Trinajstić information content (AvgIpc) is 3.24. The van der Waals surface area contributed by atoms with Crippen LogP contribution in [-0.4, -0.2) is 47.8 Å². The third-order valence-corrected chi connectivity index (χ3v) is 6.15. The minimum Gasteiger partial charge on any atom is -0.339 e. The van der Waals surface area contributed by atoms with Crippen molar-refractivity contribution in [3.8, 4) is 0 Å². The minimum atomic E-state index is 0.195. The van der Waals surface area contributed by atoms with Crippen molar-refractivity contribution in [1.29, 1.82) is 0 Å². The summed E-state index contributed by atoms with van der Waals surface area (Å²) in [4.78, 5) is 29.9. The first-order valence-electron chi connectivity index (χ1n) is 9.81. The predicted octanol–water partition coefficient (Wildman–Crippen LogP) is 3.55. The van der Waals surface area contributed by atoms with E-state index < -0.39 is 0 Å². The number of carbonyl (C=O) groups is 2. The molecule has 1 saturated heterocycles. The van der Waals surface area contributed by atoms with Gasteiger partial charge in [-0.1, -0.05) is 37.3 Å². The molecule has 0 saturated carbocycles. The number of thiophene rings is 1. The quantitative estimate of drug-likeness (QED) is 0.732. The maximum Gasteiger partial charge on any atom is 0.223 e. The lowest BCUT2D eigenvalue weighted by molar-refractivity contribution is -0.139. The number of nitrogens with zero attached hydrogens (tertiary/aromatic N) is 2. The summed E-state index contributed by atoms with van der Waals surface area (Å²) in [5.74, 6) is 0.395. The van der Waals surface area contributed by atoms with Crippen LogP contribution in [0, 0.1) is 0 Å². The van der Waals surface area contributed by atoms with E-state index in [2.05, 4.69) is 37.3 Å². The summed E-state index contributed by atoms with van der Waals surface area (Å²) in [5, 5.41) is 2.04. The van der Waals surface area contributed by atoms with Crippen LogP contribution in [0.4, 0.5) is 0 Å². The fourth-order valence-corrected chi connectivity index (χ4v) is 4.11. The highest BCUT2D eigenvalue weighted by Gasteiger charge is 2.23. The van der Waals surface area contributed by atoms with Gasteiger partial charge >= 0.3 is 0 Å². The first-order chi connectivity index (χ1) is 13.2. The molecule has 2 aromatic rings. The van der Waals surface area contributed by atoms with Gasteiger partial charge in [0.2, 0.25) is 11.8 Å². The lowest BCUT2D eigenvalue weighted by atomic mass is 10.1. The third kappa shape index (κ3) is 5.67. The van der Waals surface area contributed by atoms with Crippen molar-refractivity contribution in [3.63, 3.8) is 0 Å². The molecular weight excluding hydrogens is 356 g/mol. The van der Waals surface area contributed by atoms with Crippen LogP contribution in [0.2, 0.25) is 0 Å². The Balaban J connectivity index is 1.38. The standard InChI is InChI=1S/C22H28N2O2S/c1-2-18-5-7-19(8-6-18)9-11-21(25)23-13-15-24(16-14-23)22(26)12-10-20-4-3-17-27-20/h3-8,17H,2,9-16H2,1H3. The number of piperazine rings is 1. The Hall–Kier alpha value is -2.14. The molecule has 2 heterocycles. The summed E-state index contributed by atoms with van der Waals surface area (Å²) in [7, 11) is 0. The van der Waals surface area contributed by atoms with E-state index in [0.29, 0.717) is 39.0 Å². The molecule has 4 nitrogen and oxygen atoms in total. The van der Waals surface area contributed by atoms with Crippen molar-refractivity contribution in [2.75, 3.05) is 26.2 Å². The van der Waals surface area contributed by atoms with E-state index in [0.717, 1.165) is 19.3 Å². The van der Waals surface area contributed by atoms with Crippen LogP contribution >= 0.6 is 11.3 Å². The fourth-order valence-electron chi connectivity index (χ4n) is 3.40. The van der Waals surface area contributed by atoms with Crippen LogP contribution < -0.4 is 0 Å². The van der Waals surface area contributed by atoms with Crippen molar-refractivity contribution >= 4 is 23.2 Å². The van der Waals surface area contributed by atoms with E-state index in [-0.39, 0.29) is 11.8 Å². The van der Waals surface area contributed by atoms with E-state index in [1.165, 1.54) is 16.0 Å². The van der Waals surface area contributed by atoms with Gasteiger partial charge in [-0.2, -0.15) is 0 Å². The summed E-state index contributed by atoms with van der Waals surface area (Å²) in [6.45, 7) is 4.75. The van der Waals surface area contributed by atoms with Crippen LogP contribution in [0.3, 0.4) is 0 Å². The van der Waals surface area contributed by atoms with E-state index in [9.17, 15) is 9.59 Å². The Morgan fingerprint density at radius 1 is 0.852 bits per heavy atom. The third-order valence-electron chi connectivity index (χ3n) is 5.21. The summed E-state index contributed by atoms with van der Waals surface area (Å²) >= 11 is 1.70. The van der Waals surface area contributed by atoms with Gasteiger partial charge in [0.25, 0.3) is 0 Å². The topological polar surface area (TPSA) is 40.6 Å². The molecule has 0 spiro atoms. The smallest absolute Gasteiger partial charge is 0.223 e. The van der Waals surface area contributed by atoms with E-state index in [1.54, 1.807) is 11.3 Å². The lowest BCUT2D eigenvalue weighted by Gasteiger charge is -2.35. The van der Waals surface area contributed by atoms with Gasteiger partial charge in [0.05, 0.1) is 0 Å². The zero-order valence-electron chi connectivity index (χ0n) is 16.0. The van der Waals surface area contributed by atoms with Crippen LogP contribution in [0.25, 0.3) is 0 Å². The van der Waals surface area contributed by atoms with Gasteiger partial charge in [0, 0.05) is 43.9 Å². The van der Waals surface area contributed by atoms with E-state index in [4.69, 9.17) is 0 Å². The van der Waals surface area contributed by atoms with Gasteiger partial charge in [-0.05, 0) is 41.8 Å². The first-order valence-corrected chi connectivity index (χ1v) is 10.7. The normalized spacial score (nSPS) is 14.4. The van der Waals surface area contributed by atoms with Crippen molar-refractivity contribution in [2.45, 2.75) is 39.0 Å². The number of benzene rings is 1. The highest BCUT2D eigenvalue weighted by molar-refractivity contribution is 7.09. The lowest BCUT2D eigenvalue weighted by Crippen LogP contribution is -2.50. The van der Waals surface area contributed by atoms with Gasteiger partial charge in [0.1, 0.15) is 0 Å². The second kappa shape index (κ2) is 9.70. The van der Waals surface area contributed by atoms with Crippen LogP contribution in [0.15, 0.2) is 41.8 Å². The molecular formula is C22H28N2O2S. The van der Waals surface area contributed by atoms with Crippen LogP contribution in [0.1, 0.15) is 35.8 Å². The molecule has 3 rings (SSSR count). The summed E-state index contributed by atoms with van der Waals surface area (Å²) < 4.78 is 0. The average molecular weight is 385 g/mol. The number of rotatable bonds is 7. The second-order valence-electron chi connectivity index (χ2n) is 7.01. The van der Waals surface area contributed by atoms with Crippen molar-refractivity contribution < 1.29 is 9.59 Å². The van der Waals surface area contributed by atoms with Crippen LogP contribution in [0.5, 0.6) is 0 Å². The monoisotopic (exact) mass is 384 g/mol. The number of amides is 2. The Labute approximate surface area is 165 Å². The summed E-state index contributed by atoms with van der Waals surface area (Å²) in [6, 6.07) is 12.6. The summed E-state index contributed by atoms with van der Waals surface area (Å²) in [5.41, 5.74) is 2.54. The molecule has 1 aliphatic rings. The molecule has 144 valence electrons. The molecule has 1 aliphatic heterocycles. The highest BCUT2D eigenvalue weighted by atomic mass is 32.1. The number of hydrogen-bond acceptors (Lipinski definition) is 3. The molecule has 27 heavy (non-hydrogen) atoms. The van der Waals surface area contributed by atoms with Gasteiger partial charge in [-0.25, -0.2) is 0 Å². The fraction of sp³-hybridized carbons (Fsp3) is 0.455. The van der Waals surface area contributed by atoms with Crippen molar-refractivity contribution in [2.24, 2.45) is 0 Å². The maximum atomic E-state index is 12.5. The van der Waals surface area contributed by atoms with Crippen molar-refractivity contribution in [3.05, 3.63) is 57.8 Å². The molecule has 5 heteroatoms. The Morgan fingerprint density at radius 3 is 1.93 bits per heavy atom. The predicted molar refractivity (Wildman–Crippen MR) is 110 cm³/mol. The number of carbonyl (C=O) groups excluding carboxylic acids is 2. The minimum absolute atomic E-state index is 0.195. The molecule has 1 aromatic heterocycles. The zero-order valence-corrected chi connectivity index (χ0v) is 16.8. The Morgan fingerprint density at radius 2 is 1.41 bits per heavy atom. The molecule has 0 radical (unpaired) electrons. The SMILES string of the molecule is CCc1ccc(CCC(=O)N2CCN(C(=O)CCc3cccs3)CC2)cc1. The van der Waals surface area contributed by atoms with Crippen LogP contribution in [-0.2, 0) is 28.9 Å². The molecule has 0 aliphatic carbocycles. The highest BCUT2D eigenvalue weighted by Crippen LogP contribution is 2.14. The zero-order chi connectivity index (χ0) is 19.1. The summed E-state index contributed by atoms with van der Waals surface area (Å²) in [6.07, 6.45) is 3.73. The van der Waals surface area contributed by atoms with Crippen molar-refractivity contribution in [1.82, 2.24) is 9.80 Å². The maximum absolute atomic E-state index is 12.5. The van der Waals surface area contributed by atoms with Gasteiger partial charge in [0.15, 0.2) is 0 Å². The molecule has 2 amide bonds. The Kier molecular flexibility index (Phi) is 7.04. The molecule has 0 N–H and O–H groups in total. The largest absolute Gasteiger partial charge is 0.339 e. The second-order valence-corrected chi connectivity index (χ2v) is 8.04. The molecule has 0 unspecified atom stereocenters. The van der Waals surface area contributed by atoms with Gasteiger partial charge < -0.3 is 9.80 Å². The molecule has 0 bridgehead atoms. The Bertz CT molecular complexity index is 732. The van der Waals surface area contributed by atoms with Gasteiger partial charge in [-0.15, -0.1) is 11.3 Å². The van der Waals surface area contributed by atoms with Gasteiger partial charge in [-0.3, -0.25) is 9.59 Å². The van der Waals surface area contributed by atoms with E-state index >= 15 is 0 Å². The van der Waals surface area contributed by atoms with E-state index in [1.807, 2.05) is 21.2 Å². The number of hydrogen-bond donors (Lipinski definition) is 0. The molecule has 1 fully saturated rings.